The predicted octanol–water partition coefficient (Wildman–Crippen LogP) is 3.35. The van der Waals surface area contributed by atoms with E-state index >= 15 is 0 Å². The molecule has 17 heavy (non-hydrogen) atoms. The van der Waals surface area contributed by atoms with Gasteiger partial charge in [-0.05, 0) is 11.5 Å². The van der Waals surface area contributed by atoms with Crippen LogP contribution in [-0.2, 0) is 0 Å². The summed E-state index contributed by atoms with van der Waals surface area (Å²) in [5.74, 6) is 1.03. The maximum absolute atomic E-state index is 5.92. The van der Waals surface area contributed by atoms with Crippen LogP contribution in [0.3, 0.4) is 0 Å². The van der Waals surface area contributed by atoms with Crippen LogP contribution in [0.4, 0.5) is 5.82 Å². The summed E-state index contributed by atoms with van der Waals surface area (Å²) in [6, 6.07) is 10.3. The largest absolute Gasteiger partial charge is 0.367 e. The van der Waals surface area contributed by atoms with Gasteiger partial charge in [0.05, 0.1) is 0 Å². The number of nitrogens with zero attached hydrogens (tertiary/aromatic N) is 2. The van der Waals surface area contributed by atoms with Crippen molar-refractivity contribution in [2.45, 2.75) is 12.8 Å². The second-order valence-corrected chi connectivity index (χ2v) is 4.25. The highest BCUT2D eigenvalue weighted by molar-refractivity contribution is 6.31. The van der Waals surface area contributed by atoms with Gasteiger partial charge < -0.3 is 5.32 Å². The first kappa shape index (κ1) is 11.9. The molecule has 1 atom stereocenters. The highest BCUT2D eigenvalue weighted by Crippen LogP contribution is 2.18. The van der Waals surface area contributed by atoms with Crippen LogP contribution in [0.1, 0.15) is 18.4 Å². The molecule has 0 unspecified atom stereocenters. The Morgan fingerprint density at radius 2 is 1.88 bits per heavy atom. The fourth-order valence-corrected chi connectivity index (χ4v) is 1.76. The molecule has 0 aliphatic heterocycles. The van der Waals surface area contributed by atoms with Gasteiger partial charge in [0, 0.05) is 18.9 Å². The molecule has 0 saturated heterocycles. The lowest BCUT2D eigenvalue weighted by molar-refractivity contribution is 0.800. The Hall–Kier alpha value is -1.61. The van der Waals surface area contributed by atoms with E-state index in [-0.39, 0.29) is 0 Å². The van der Waals surface area contributed by atoms with Crippen LogP contribution in [0.5, 0.6) is 0 Å². The summed E-state index contributed by atoms with van der Waals surface area (Å²) in [5, 5.41) is 3.62. The Labute approximate surface area is 106 Å². The fraction of sp³-hybridized carbons (Fsp3) is 0.231. The Morgan fingerprint density at radius 3 is 2.59 bits per heavy atom. The molecule has 0 fully saturated rings. The summed E-state index contributed by atoms with van der Waals surface area (Å²) in [6.45, 7) is 2.94. The molecular weight excluding hydrogens is 234 g/mol. The van der Waals surface area contributed by atoms with Gasteiger partial charge in [0.25, 0.3) is 0 Å². The number of hydrogen-bond donors (Lipinski definition) is 1. The van der Waals surface area contributed by atoms with Crippen molar-refractivity contribution in [3.05, 3.63) is 53.4 Å². The van der Waals surface area contributed by atoms with E-state index in [1.54, 1.807) is 12.4 Å². The number of aromatic nitrogens is 2. The highest BCUT2D eigenvalue weighted by atomic mass is 35.5. The molecule has 0 aliphatic rings. The topological polar surface area (TPSA) is 37.8 Å². The van der Waals surface area contributed by atoms with Crippen molar-refractivity contribution in [1.82, 2.24) is 9.97 Å². The molecule has 1 N–H and O–H groups in total. The highest BCUT2D eigenvalue weighted by Gasteiger charge is 2.06. The molecule has 2 aromatic rings. The number of rotatable bonds is 4. The van der Waals surface area contributed by atoms with Crippen LogP contribution < -0.4 is 5.32 Å². The maximum Gasteiger partial charge on any atom is 0.171 e. The van der Waals surface area contributed by atoms with E-state index in [0.717, 1.165) is 6.54 Å². The zero-order chi connectivity index (χ0) is 12.1. The average Bonchev–Trinajstić information content (AvgIpc) is 2.38. The Kier molecular flexibility index (Phi) is 3.94. The molecule has 0 saturated carbocycles. The molecule has 2 rings (SSSR count). The first-order valence-electron chi connectivity index (χ1n) is 5.52. The smallest absolute Gasteiger partial charge is 0.171 e. The Bertz CT molecular complexity index is 473. The molecule has 88 valence electrons. The molecule has 0 aliphatic carbocycles. The third kappa shape index (κ3) is 3.17. The molecule has 1 aromatic carbocycles. The summed E-state index contributed by atoms with van der Waals surface area (Å²) in [7, 11) is 0. The van der Waals surface area contributed by atoms with Gasteiger partial charge in [0.2, 0.25) is 0 Å². The molecule has 1 heterocycles. The lowest BCUT2D eigenvalue weighted by atomic mass is 10.0. The maximum atomic E-state index is 5.92. The van der Waals surface area contributed by atoms with Gasteiger partial charge in [-0.25, -0.2) is 9.97 Å². The number of halogens is 1. The molecular formula is C13H14ClN3. The van der Waals surface area contributed by atoms with Crippen LogP contribution in [0.15, 0.2) is 42.7 Å². The second-order valence-electron chi connectivity index (χ2n) is 3.89. The van der Waals surface area contributed by atoms with E-state index in [1.807, 2.05) is 18.2 Å². The predicted molar refractivity (Wildman–Crippen MR) is 70.4 cm³/mol. The summed E-state index contributed by atoms with van der Waals surface area (Å²) in [4.78, 5) is 8.11. The van der Waals surface area contributed by atoms with Crippen molar-refractivity contribution in [2.24, 2.45) is 0 Å². The van der Waals surface area contributed by atoms with Crippen molar-refractivity contribution in [3.63, 3.8) is 0 Å². The van der Waals surface area contributed by atoms with Crippen molar-refractivity contribution in [2.75, 3.05) is 11.9 Å². The van der Waals surface area contributed by atoms with E-state index in [0.29, 0.717) is 16.9 Å². The molecule has 0 amide bonds. The van der Waals surface area contributed by atoms with Crippen molar-refractivity contribution >= 4 is 17.4 Å². The first-order chi connectivity index (χ1) is 8.27. The summed E-state index contributed by atoms with van der Waals surface area (Å²) in [5.41, 5.74) is 1.29. The van der Waals surface area contributed by atoms with Crippen molar-refractivity contribution in [1.29, 1.82) is 0 Å². The molecule has 3 nitrogen and oxygen atoms in total. The fourth-order valence-electron chi connectivity index (χ4n) is 1.59. The third-order valence-electron chi connectivity index (χ3n) is 2.60. The number of hydrogen-bond acceptors (Lipinski definition) is 3. The molecule has 1 aromatic heterocycles. The van der Waals surface area contributed by atoms with E-state index in [1.165, 1.54) is 5.56 Å². The first-order valence-corrected chi connectivity index (χ1v) is 5.90. The minimum absolute atomic E-state index is 0.397. The SMILES string of the molecule is C[C@H](CNc1nccnc1Cl)c1ccccc1. The van der Waals surface area contributed by atoms with Gasteiger partial charge in [0.15, 0.2) is 11.0 Å². The van der Waals surface area contributed by atoms with Gasteiger partial charge in [-0.1, -0.05) is 48.9 Å². The summed E-state index contributed by atoms with van der Waals surface area (Å²) < 4.78 is 0. The minimum Gasteiger partial charge on any atom is -0.367 e. The van der Waals surface area contributed by atoms with Gasteiger partial charge in [-0.2, -0.15) is 0 Å². The van der Waals surface area contributed by atoms with E-state index in [2.05, 4.69) is 34.3 Å². The second kappa shape index (κ2) is 5.64. The minimum atomic E-state index is 0.397. The lowest BCUT2D eigenvalue weighted by Gasteiger charge is -2.13. The summed E-state index contributed by atoms with van der Waals surface area (Å²) >= 11 is 5.92. The zero-order valence-corrected chi connectivity index (χ0v) is 10.4. The Morgan fingerprint density at radius 1 is 1.18 bits per heavy atom. The van der Waals surface area contributed by atoms with E-state index in [9.17, 15) is 0 Å². The molecule has 4 heteroatoms. The van der Waals surface area contributed by atoms with Crippen LogP contribution in [0.25, 0.3) is 0 Å². The van der Waals surface area contributed by atoms with Gasteiger partial charge in [-0.3, -0.25) is 0 Å². The van der Waals surface area contributed by atoms with Crippen LogP contribution >= 0.6 is 11.6 Å². The van der Waals surface area contributed by atoms with E-state index < -0.39 is 0 Å². The third-order valence-corrected chi connectivity index (χ3v) is 2.87. The van der Waals surface area contributed by atoms with Crippen LogP contribution in [0.2, 0.25) is 5.15 Å². The van der Waals surface area contributed by atoms with Crippen LogP contribution in [0, 0.1) is 0 Å². The standard InChI is InChI=1S/C13H14ClN3/c1-10(11-5-3-2-4-6-11)9-17-13-12(14)15-7-8-16-13/h2-8,10H,9H2,1H3,(H,16,17)/t10-/m1/s1. The number of anilines is 1. The summed E-state index contributed by atoms with van der Waals surface area (Å²) in [6.07, 6.45) is 3.20. The van der Waals surface area contributed by atoms with Gasteiger partial charge in [0.1, 0.15) is 0 Å². The lowest BCUT2D eigenvalue weighted by Crippen LogP contribution is -2.11. The van der Waals surface area contributed by atoms with Crippen LogP contribution in [-0.4, -0.2) is 16.5 Å². The van der Waals surface area contributed by atoms with Crippen molar-refractivity contribution < 1.29 is 0 Å². The number of benzene rings is 1. The Balaban J connectivity index is 1.97. The molecule has 0 radical (unpaired) electrons. The molecule has 0 bridgehead atoms. The molecule has 0 spiro atoms. The average molecular weight is 248 g/mol. The van der Waals surface area contributed by atoms with Gasteiger partial charge >= 0.3 is 0 Å². The zero-order valence-electron chi connectivity index (χ0n) is 9.60. The van der Waals surface area contributed by atoms with Crippen molar-refractivity contribution in [3.8, 4) is 0 Å². The number of nitrogens with one attached hydrogen (secondary N) is 1. The van der Waals surface area contributed by atoms with Gasteiger partial charge in [-0.15, -0.1) is 0 Å². The van der Waals surface area contributed by atoms with E-state index in [4.69, 9.17) is 11.6 Å². The monoisotopic (exact) mass is 247 g/mol. The quantitative estimate of drug-likeness (QED) is 0.901. The normalized spacial score (nSPS) is 12.1.